The molecule has 0 bridgehead atoms. The lowest BCUT2D eigenvalue weighted by Crippen LogP contribution is -2.04. The van der Waals surface area contributed by atoms with Crippen molar-refractivity contribution in [1.29, 1.82) is 0 Å². The minimum atomic E-state index is -1.05. The van der Waals surface area contributed by atoms with Gasteiger partial charge < -0.3 is 9.52 Å². The molecule has 78 valence electrons. The fraction of sp³-hybridized carbons (Fsp3) is 0.100. The van der Waals surface area contributed by atoms with Gasteiger partial charge in [0.05, 0.1) is 0 Å². The molecule has 0 radical (unpaired) electrons. The molecule has 1 aromatic heterocycles. The number of furan rings is 1. The molecule has 3 N–H and O–H groups in total. The highest BCUT2D eigenvalue weighted by Gasteiger charge is 2.19. The van der Waals surface area contributed by atoms with Crippen molar-refractivity contribution in [2.45, 2.75) is 6.61 Å². The first-order valence-corrected chi connectivity index (χ1v) is 4.29. The summed E-state index contributed by atoms with van der Waals surface area (Å²) in [5.74, 6) is 4.08. The Bertz CT molecular complexity index is 503. The van der Waals surface area contributed by atoms with Crippen LogP contribution in [-0.2, 0) is 11.4 Å². The van der Waals surface area contributed by atoms with Crippen LogP contribution in [0.1, 0.15) is 16.1 Å². The fourth-order valence-corrected chi connectivity index (χ4v) is 1.51. The van der Waals surface area contributed by atoms with E-state index < -0.39 is 5.97 Å². The molecule has 0 fully saturated rings. The van der Waals surface area contributed by atoms with E-state index in [1.807, 2.05) is 0 Å². The topological polar surface area (TPSA) is 85.7 Å². The lowest BCUT2D eigenvalue weighted by atomic mass is 10.1. The van der Waals surface area contributed by atoms with E-state index in [1.54, 1.807) is 24.3 Å². The Balaban J connectivity index is 2.69. The number of para-hydroxylation sites is 1. The molecule has 15 heavy (non-hydrogen) atoms. The monoisotopic (exact) mass is 207 g/mol. The summed E-state index contributed by atoms with van der Waals surface area (Å²) in [6.45, 7) is -0.0592. The third-order valence-electron chi connectivity index (χ3n) is 2.10. The van der Waals surface area contributed by atoms with Gasteiger partial charge in [-0.05, 0) is 6.07 Å². The molecular weight excluding hydrogens is 198 g/mol. The van der Waals surface area contributed by atoms with Gasteiger partial charge in [0.25, 0.3) is 0 Å². The van der Waals surface area contributed by atoms with Crippen LogP contribution >= 0.6 is 0 Å². The van der Waals surface area contributed by atoms with Gasteiger partial charge in [-0.1, -0.05) is 18.2 Å². The van der Waals surface area contributed by atoms with Gasteiger partial charge in [0.15, 0.2) is 0 Å². The van der Waals surface area contributed by atoms with Gasteiger partial charge in [0, 0.05) is 5.39 Å². The number of fused-ring (bicyclic) bond motifs is 1. The van der Waals surface area contributed by atoms with Crippen LogP contribution < -0.4 is 5.90 Å². The molecule has 0 aliphatic rings. The van der Waals surface area contributed by atoms with Gasteiger partial charge in [-0.25, -0.2) is 10.7 Å². The summed E-state index contributed by atoms with van der Waals surface area (Å²) in [6.07, 6.45) is 0. The fourth-order valence-electron chi connectivity index (χ4n) is 1.51. The number of carbonyl (C=O) groups is 1. The number of hydrogen-bond acceptors (Lipinski definition) is 4. The Morgan fingerprint density at radius 2 is 2.20 bits per heavy atom. The Kier molecular flexibility index (Phi) is 2.40. The van der Waals surface area contributed by atoms with Crippen molar-refractivity contribution in [2.24, 2.45) is 5.90 Å². The molecule has 0 saturated carbocycles. The number of aromatic carboxylic acids is 1. The molecule has 5 heteroatoms. The van der Waals surface area contributed by atoms with Crippen molar-refractivity contribution in [3.63, 3.8) is 0 Å². The Labute approximate surface area is 85.0 Å². The molecule has 2 rings (SSSR count). The lowest BCUT2D eigenvalue weighted by molar-refractivity contribution is 0.0682. The van der Waals surface area contributed by atoms with Crippen molar-refractivity contribution in [1.82, 2.24) is 0 Å². The third-order valence-corrected chi connectivity index (χ3v) is 2.10. The number of nitrogens with two attached hydrogens (primary N) is 1. The number of rotatable bonds is 3. The largest absolute Gasteiger partial charge is 0.478 e. The van der Waals surface area contributed by atoms with E-state index in [0.717, 1.165) is 0 Å². The van der Waals surface area contributed by atoms with Crippen LogP contribution in [-0.4, -0.2) is 11.1 Å². The molecular formula is C10H9NO4. The van der Waals surface area contributed by atoms with Crippen molar-refractivity contribution in [3.8, 4) is 0 Å². The Morgan fingerprint density at radius 3 is 2.87 bits per heavy atom. The van der Waals surface area contributed by atoms with Crippen molar-refractivity contribution in [3.05, 3.63) is 35.6 Å². The predicted molar refractivity (Wildman–Crippen MR) is 52.1 cm³/mol. The molecule has 0 amide bonds. The number of benzene rings is 1. The average molecular weight is 207 g/mol. The number of carboxylic acid groups (broad SMARTS) is 1. The Morgan fingerprint density at radius 1 is 1.47 bits per heavy atom. The SMILES string of the molecule is NOCc1oc2ccccc2c1C(=O)O. The summed E-state index contributed by atoms with van der Waals surface area (Å²) < 4.78 is 5.32. The van der Waals surface area contributed by atoms with Gasteiger partial charge in [-0.15, -0.1) is 0 Å². The minimum Gasteiger partial charge on any atom is -0.478 e. The molecule has 1 heterocycles. The number of carboxylic acids is 1. The van der Waals surface area contributed by atoms with Crippen LogP contribution in [0.4, 0.5) is 0 Å². The smallest absolute Gasteiger partial charge is 0.340 e. The second-order valence-electron chi connectivity index (χ2n) is 3.01. The molecule has 1 aromatic carbocycles. The average Bonchev–Trinajstić information content (AvgIpc) is 2.56. The first-order valence-electron chi connectivity index (χ1n) is 4.29. The highest BCUT2D eigenvalue weighted by Crippen LogP contribution is 2.26. The third kappa shape index (κ3) is 1.58. The van der Waals surface area contributed by atoms with Crippen LogP contribution in [0.5, 0.6) is 0 Å². The molecule has 0 unspecified atom stereocenters. The van der Waals surface area contributed by atoms with E-state index in [2.05, 4.69) is 4.84 Å². The summed E-state index contributed by atoms with van der Waals surface area (Å²) in [4.78, 5) is 15.4. The normalized spacial score (nSPS) is 10.7. The van der Waals surface area contributed by atoms with E-state index in [9.17, 15) is 4.79 Å². The lowest BCUT2D eigenvalue weighted by Gasteiger charge is -1.95. The zero-order valence-corrected chi connectivity index (χ0v) is 7.77. The molecule has 0 saturated heterocycles. The highest BCUT2D eigenvalue weighted by atomic mass is 16.6. The second-order valence-corrected chi connectivity index (χ2v) is 3.01. The van der Waals surface area contributed by atoms with Gasteiger partial charge >= 0.3 is 5.97 Å². The van der Waals surface area contributed by atoms with Crippen LogP contribution in [0.2, 0.25) is 0 Å². The predicted octanol–water partition coefficient (Wildman–Crippen LogP) is 1.52. The molecule has 5 nitrogen and oxygen atoms in total. The molecule has 0 spiro atoms. The minimum absolute atomic E-state index is 0.0592. The van der Waals surface area contributed by atoms with E-state index in [-0.39, 0.29) is 17.9 Å². The van der Waals surface area contributed by atoms with E-state index in [0.29, 0.717) is 11.0 Å². The maximum atomic E-state index is 11.0. The van der Waals surface area contributed by atoms with Crippen molar-refractivity contribution in [2.75, 3.05) is 0 Å². The standard InChI is InChI=1S/C10H9NO4/c11-14-5-8-9(10(12)13)6-3-1-2-4-7(6)15-8/h1-4H,5,11H2,(H,12,13). The van der Waals surface area contributed by atoms with Gasteiger partial charge in [-0.2, -0.15) is 0 Å². The van der Waals surface area contributed by atoms with Gasteiger partial charge in [0.2, 0.25) is 0 Å². The highest BCUT2D eigenvalue weighted by molar-refractivity contribution is 6.03. The zero-order chi connectivity index (χ0) is 10.8. The number of hydrogen-bond donors (Lipinski definition) is 2. The van der Waals surface area contributed by atoms with Crippen molar-refractivity contribution >= 4 is 16.9 Å². The van der Waals surface area contributed by atoms with Gasteiger partial charge in [-0.3, -0.25) is 4.84 Å². The quantitative estimate of drug-likeness (QED) is 0.745. The summed E-state index contributed by atoms with van der Waals surface area (Å²) in [5.41, 5.74) is 0.623. The zero-order valence-electron chi connectivity index (χ0n) is 7.77. The van der Waals surface area contributed by atoms with Crippen LogP contribution in [0.15, 0.2) is 28.7 Å². The maximum Gasteiger partial charge on any atom is 0.340 e. The summed E-state index contributed by atoms with van der Waals surface area (Å²) in [7, 11) is 0. The molecule has 2 aromatic rings. The van der Waals surface area contributed by atoms with E-state index >= 15 is 0 Å². The summed E-state index contributed by atoms with van der Waals surface area (Å²) in [6, 6.07) is 6.89. The molecule has 0 aliphatic carbocycles. The summed E-state index contributed by atoms with van der Waals surface area (Å²) >= 11 is 0. The van der Waals surface area contributed by atoms with E-state index in [1.165, 1.54) is 0 Å². The van der Waals surface area contributed by atoms with E-state index in [4.69, 9.17) is 15.4 Å². The van der Waals surface area contributed by atoms with Crippen LogP contribution in [0.3, 0.4) is 0 Å². The molecule has 0 atom stereocenters. The maximum absolute atomic E-state index is 11.0. The van der Waals surface area contributed by atoms with Crippen LogP contribution in [0, 0.1) is 0 Å². The molecule has 0 aliphatic heterocycles. The first-order chi connectivity index (χ1) is 7.24. The van der Waals surface area contributed by atoms with Gasteiger partial charge in [0.1, 0.15) is 23.5 Å². The second kappa shape index (κ2) is 3.72. The van der Waals surface area contributed by atoms with Crippen molar-refractivity contribution < 1.29 is 19.2 Å². The summed E-state index contributed by atoms with van der Waals surface area (Å²) in [5, 5.41) is 9.58. The first kappa shape index (κ1) is 9.70. The van der Waals surface area contributed by atoms with Crippen LogP contribution in [0.25, 0.3) is 11.0 Å². The Hall–Kier alpha value is -1.85.